The minimum atomic E-state index is -0.104. The molecular formula is C29H43NO3S. The van der Waals surface area contributed by atoms with Gasteiger partial charge >= 0.3 is 5.97 Å². The van der Waals surface area contributed by atoms with Gasteiger partial charge in [-0.25, -0.2) is 0 Å². The van der Waals surface area contributed by atoms with E-state index >= 15 is 0 Å². The van der Waals surface area contributed by atoms with Crippen LogP contribution in [0.2, 0.25) is 0 Å². The highest BCUT2D eigenvalue weighted by atomic mass is 32.1. The second-order valence-corrected chi connectivity index (χ2v) is 8.82. The summed E-state index contributed by atoms with van der Waals surface area (Å²) in [5.41, 5.74) is 2.52. The molecule has 1 heterocycles. The molecule has 0 saturated heterocycles. The van der Waals surface area contributed by atoms with Crippen LogP contribution in [0, 0.1) is 5.92 Å². The number of hydrogen-bond acceptors (Lipinski definition) is 5. The number of thiophene rings is 1. The number of carbonyl (C=O) groups is 2. The zero-order chi connectivity index (χ0) is 25.8. The second kappa shape index (κ2) is 19.9. The summed E-state index contributed by atoms with van der Waals surface area (Å²) < 4.78 is 6.57. The number of nitrogens with zero attached hydrogens (tertiary/aromatic N) is 1. The van der Waals surface area contributed by atoms with Crippen molar-refractivity contribution in [3.8, 4) is 0 Å². The van der Waals surface area contributed by atoms with Crippen LogP contribution in [-0.4, -0.2) is 37.8 Å². The summed E-state index contributed by atoms with van der Waals surface area (Å²) in [5, 5.41) is 3.72. The number of likely N-dealkylation sites (N-methyl/N-ethyl adjacent to an activating group) is 1. The predicted molar refractivity (Wildman–Crippen MR) is 147 cm³/mol. The van der Waals surface area contributed by atoms with Gasteiger partial charge in [0.2, 0.25) is 0 Å². The third-order valence-electron chi connectivity index (χ3n) is 4.84. The number of fused-ring (bicyclic) bond motifs is 1. The fourth-order valence-electron chi connectivity index (χ4n) is 2.80. The van der Waals surface area contributed by atoms with E-state index in [-0.39, 0.29) is 5.97 Å². The van der Waals surface area contributed by atoms with Crippen molar-refractivity contribution in [2.75, 3.05) is 20.6 Å². The molecule has 3 aromatic rings. The molecule has 4 nitrogen and oxygen atoms in total. The van der Waals surface area contributed by atoms with E-state index in [0.29, 0.717) is 18.9 Å². The van der Waals surface area contributed by atoms with Crippen molar-refractivity contribution < 1.29 is 14.3 Å². The molecule has 0 radical (unpaired) electrons. The van der Waals surface area contributed by atoms with E-state index < -0.39 is 0 Å². The Balaban J connectivity index is 0.000000540. The summed E-state index contributed by atoms with van der Waals surface area (Å²) in [6, 6.07) is 18.4. The van der Waals surface area contributed by atoms with Crippen LogP contribution in [0.4, 0.5) is 0 Å². The maximum absolute atomic E-state index is 11.4. The molecule has 0 saturated carbocycles. The SMILES string of the molecule is CC.CC=O.CC[C@H](C)CC(=O)OCc1ccccc1.CN(C)CCc1csc2ccccc12. The Kier molecular flexibility index (Phi) is 18.5. The van der Waals surface area contributed by atoms with Crippen LogP contribution in [-0.2, 0) is 27.4 Å². The van der Waals surface area contributed by atoms with Gasteiger partial charge in [0.1, 0.15) is 12.9 Å². The van der Waals surface area contributed by atoms with Crippen LogP contribution in [0.15, 0.2) is 60.0 Å². The zero-order valence-corrected chi connectivity index (χ0v) is 22.9. The first-order valence-corrected chi connectivity index (χ1v) is 13.0. The fraction of sp³-hybridized carbons (Fsp3) is 0.448. The Hall–Kier alpha value is -2.50. The molecule has 0 aliphatic carbocycles. The van der Waals surface area contributed by atoms with E-state index in [9.17, 15) is 4.79 Å². The Bertz CT molecular complexity index is 906. The van der Waals surface area contributed by atoms with Crippen LogP contribution in [0.1, 0.15) is 58.6 Å². The van der Waals surface area contributed by atoms with E-state index in [1.54, 1.807) is 0 Å². The lowest BCUT2D eigenvalue weighted by Gasteiger charge is -2.08. The first-order valence-electron chi connectivity index (χ1n) is 12.1. The molecule has 3 rings (SSSR count). The van der Waals surface area contributed by atoms with E-state index in [0.717, 1.165) is 31.2 Å². The van der Waals surface area contributed by atoms with E-state index in [1.807, 2.05) is 55.5 Å². The number of ether oxygens (including phenoxy) is 1. The molecule has 0 amide bonds. The van der Waals surface area contributed by atoms with Gasteiger partial charge in [-0.2, -0.15) is 0 Å². The first-order chi connectivity index (χ1) is 16.4. The second-order valence-electron chi connectivity index (χ2n) is 7.91. The minimum absolute atomic E-state index is 0.104. The zero-order valence-electron chi connectivity index (χ0n) is 22.0. The standard InChI is InChI=1S/C13H18O2.C12H15NS.C2H4O.C2H6/c1-3-11(2)9-13(14)15-10-12-7-5-4-6-8-12;1-13(2)8-7-10-9-14-12-6-4-3-5-11(10)12;1-2-3;1-2/h4-8,11H,3,9-10H2,1-2H3;3-6,9H,7-8H2,1-2H3;2H,1H3;1-2H3/t11-;;;/m0.../s1. The van der Waals surface area contributed by atoms with Crippen LogP contribution in [0.25, 0.3) is 10.1 Å². The summed E-state index contributed by atoms with van der Waals surface area (Å²) in [6.45, 7) is 11.1. The van der Waals surface area contributed by atoms with Crippen LogP contribution in [0.5, 0.6) is 0 Å². The van der Waals surface area contributed by atoms with Crippen molar-refractivity contribution in [1.82, 2.24) is 4.90 Å². The summed E-state index contributed by atoms with van der Waals surface area (Å²) in [6.07, 6.45) is 3.43. The van der Waals surface area contributed by atoms with E-state index in [2.05, 4.69) is 62.5 Å². The van der Waals surface area contributed by atoms with Gasteiger partial charge in [-0.3, -0.25) is 4.79 Å². The van der Waals surface area contributed by atoms with Gasteiger partial charge in [-0.1, -0.05) is 82.6 Å². The highest BCUT2D eigenvalue weighted by molar-refractivity contribution is 7.17. The topological polar surface area (TPSA) is 46.6 Å². The van der Waals surface area contributed by atoms with Gasteiger partial charge in [0.25, 0.3) is 0 Å². The van der Waals surface area contributed by atoms with Gasteiger partial charge in [-0.05, 0) is 61.3 Å². The summed E-state index contributed by atoms with van der Waals surface area (Å²) in [4.78, 5) is 22.4. The van der Waals surface area contributed by atoms with Crippen LogP contribution < -0.4 is 0 Å². The summed E-state index contributed by atoms with van der Waals surface area (Å²) >= 11 is 1.85. The Morgan fingerprint density at radius 1 is 1.06 bits per heavy atom. The molecular weight excluding hydrogens is 442 g/mol. The maximum Gasteiger partial charge on any atom is 0.306 e. The number of benzene rings is 2. The fourth-order valence-corrected chi connectivity index (χ4v) is 3.79. The van der Waals surface area contributed by atoms with Crippen molar-refractivity contribution in [2.45, 2.75) is 60.5 Å². The van der Waals surface area contributed by atoms with Crippen molar-refractivity contribution in [3.63, 3.8) is 0 Å². The smallest absolute Gasteiger partial charge is 0.306 e. The van der Waals surface area contributed by atoms with Crippen LogP contribution in [0.3, 0.4) is 0 Å². The summed E-state index contributed by atoms with van der Waals surface area (Å²) in [5.74, 6) is 0.307. The molecule has 0 aliphatic rings. The molecule has 0 spiro atoms. The first kappa shape index (κ1) is 31.5. The molecule has 0 fully saturated rings. The molecule has 1 atom stereocenters. The summed E-state index contributed by atoms with van der Waals surface area (Å²) in [7, 11) is 4.24. The molecule has 0 unspecified atom stereocenters. The average molecular weight is 486 g/mol. The third kappa shape index (κ3) is 13.9. The van der Waals surface area contributed by atoms with Gasteiger partial charge in [-0.15, -0.1) is 11.3 Å². The average Bonchev–Trinajstić information content (AvgIpc) is 3.27. The van der Waals surface area contributed by atoms with Crippen molar-refractivity contribution in [2.24, 2.45) is 5.92 Å². The van der Waals surface area contributed by atoms with Crippen molar-refractivity contribution >= 4 is 33.7 Å². The third-order valence-corrected chi connectivity index (χ3v) is 5.86. The quantitative estimate of drug-likeness (QED) is 0.246. The highest BCUT2D eigenvalue weighted by Gasteiger charge is 2.08. The van der Waals surface area contributed by atoms with Crippen molar-refractivity contribution in [1.29, 1.82) is 0 Å². The number of esters is 1. The van der Waals surface area contributed by atoms with Crippen LogP contribution >= 0.6 is 11.3 Å². The normalized spacial score (nSPS) is 10.6. The van der Waals surface area contributed by atoms with Gasteiger partial charge in [0.15, 0.2) is 0 Å². The Labute approximate surface area is 210 Å². The molecule has 5 heteroatoms. The van der Waals surface area contributed by atoms with Gasteiger partial charge < -0.3 is 14.4 Å². The largest absolute Gasteiger partial charge is 0.461 e. The maximum atomic E-state index is 11.4. The number of carbonyl (C=O) groups excluding carboxylic acids is 2. The lowest BCUT2D eigenvalue weighted by atomic mass is 10.1. The minimum Gasteiger partial charge on any atom is -0.461 e. The molecule has 188 valence electrons. The van der Waals surface area contributed by atoms with Gasteiger partial charge in [0, 0.05) is 17.7 Å². The van der Waals surface area contributed by atoms with E-state index in [4.69, 9.17) is 9.53 Å². The monoisotopic (exact) mass is 485 g/mol. The molecule has 0 N–H and O–H groups in total. The molecule has 1 aromatic heterocycles. The number of hydrogen-bond donors (Lipinski definition) is 0. The highest BCUT2D eigenvalue weighted by Crippen LogP contribution is 2.25. The number of rotatable bonds is 8. The lowest BCUT2D eigenvalue weighted by Crippen LogP contribution is -2.14. The Morgan fingerprint density at radius 3 is 2.24 bits per heavy atom. The predicted octanol–water partition coefficient (Wildman–Crippen LogP) is 7.40. The molecule has 0 bridgehead atoms. The van der Waals surface area contributed by atoms with Crippen molar-refractivity contribution in [3.05, 3.63) is 71.1 Å². The molecule has 2 aromatic carbocycles. The Morgan fingerprint density at radius 2 is 1.65 bits per heavy atom. The lowest BCUT2D eigenvalue weighted by molar-refractivity contribution is -0.146. The van der Waals surface area contributed by atoms with E-state index in [1.165, 1.54) is 22.6 Å². The number of aldehydes is 1. The van der Waals surface area contributed by atoms with Gasteiger partial charge in [0.05, 0.1) is 0 Å². The molecule has 0 aliphatic heterocycles. The molecule has 34 heavy (non-hydrogen) atoms.